The second-order valence-corrected chi connectivity index (χ2v) is 5.57. The number of phenols is 1. The van der Waals surface area contributed by atoms with Crippen LogP contribution in [0.5, 0.6) is 5.75 Å². The fourth-order valence-corrected chi connectivity index (χ4v) is 1.97. The van der Waals surface area contributed by atoms with E-state index in [0.717, 1.165) is 5.56 Å². The lowest BCUT2D eigenvalue weighted by molar-refractivity contribution is 0.0953. The molecule has 0 aliphatic carbocycles. The highest BCUT2D eigenvalue weighted by molar-refractivity contribution is 7.84. The monoisotopic (exact) mass is 255 g/mol. The third-order valence-corrected chi connectivity index (χ3v) is 3.64. The molecule has 0 radical (unpaired) electrons. The second kappa shape index (κ2) is 6.39. The van der Waals surface area contributed by atoms with Crippen molar-refractivity contribution in [2.45, 2.75) is 13.8 Å². The van der Waals surface area contributed by atoms with Crippen molar-refractivity contribution >= 4 is 16.7 Å². The van der Waals surface area contributed by atoms with Crippen molar-refractivity contribution in [2.24, 2.45) is 0 Å². The Balaban J connectivity index is 2.58. The van der Waals surface area contributed by atoms with Gasteiger partial charge in [-0.05, 0) is 19.1 Å². The third kappa shape index (κ3) is 4.19. The first-order valence-corrected chi connectivity index (χ1v) is 6.96. The van der Waals surface area contributed by atoms with Gasteiger partial charge in [0.25, 0.3) is 5.91 Å². The Morgan fingerprint density at radius 3 is 2.82 bits per heavy atom. The Labute approximate surface area is 104 Å². The van der Waals surface area contributed by atoms with Crippen molar-refractivity contribution in [1.29, 1.82) is 0 Å². The summed E-state index contributed by atoms with van der Waals surface area (Å²) >= 11 is 0. The number of benzene rings is 1. The topological polar surface area (TPSA) is 66.4 Å². The molecule has 0 fully saturated rings. The zero-order valence-electron chi connectivity index (χ0n) is 10.0. The highest BCUT2D eigenvalue weighted by Gasteiger charge is 2.10. The molecule has 0 aliphatic rings. The maximum absolute atomic E-state index is 11.7. The lowest BCUT2D eigenvalue weighted by atomic mass is 10.1. The summed E-state index contributed by atoms with van der Waals surface area (Å²) in [6.45, 7) is 4.04. The van der Waals surface area contributed by atoms with Crippen molar-refractivity contribution in [3.8, 4) is 5.75 Å². The molecule has 0 aromatic heterocycles. The molecule has 1 rings (SSSR count). The van der Waals surface area contributed by atoms with Crippen molar-refractivity contribution in [3.05, 3.63) is 29.3 Å². The molecule has 1 unspecified atom stereocenters. The molecular weight excluding hydrogens is 238 g/mol. The predicted molar refractivity (Wildman–Crippen MR) is 68.7 cm³/mol. The molecule has 1 aromatic rings. The Kier molecular flexibility index (Phi) is 5.15. The Hall–Kier alpha value is -1.36. The Bertz CT molecular complexity index is 432. The van der Waals surface area contributed by atoms with E-state index in [4.69, 9.17) is 0 Å². The van der Waals surface area contributed by atoms with Crippen LogP contribution in [-0.2, 0) is 10.8 Å². The van der Waals surface area contributed by atoms with Gasteiger partial charge in [0.1, 0.15) is 5.75 Å². The second-order valence-electron chi connectivity index (χ2n) is 3.71. The highest BCUT2D eigenvalue weighted by atomic mass is 32.2. The first kappa shape index (κ1) is 13.7. The molecule has 17 heavy (non-hydrogen) atoms. The third-order valence-electron chi connectivity index (χ3n) is 2.33. The standard InChI is InChI=1S/C12H17NO3S/c1-3-17(16)7-6-13-12(15)10-8-9(2)4-5-11(10)14/h4-5,8,14H,3,6-7H2,1-2H3,(H,13,15). The zero-order valence-corrected chi connectivity index (χ0v) is 10.8. The molecule has 2 N–H and O–H groups in total. The van der Waals surface area contributed by atoms with Crippen LogP contribution in [0.3, 0.4) is 0 Å². The SMILES string of the molecule is CCS(=O)CCNC(=O)c1cc(C)ccc1O. The molecule has 0 spiro atoms. The Morgan fingerprint density at radius 2 is 2.18 bits per heavy atom. The quantitative estimate of drug-likeness (QED) is 0.831. The summed E-state index contributed by atoms with van der Waals surface area (Å²) in [5, 5.41) is 12.2. The number of amides is 1. The van der Waals surface area contributed by atoms with Crippen molar-refractivity contribution in [1.82, 2.24) is 5.32 Å². The van der Waals surface area contributed by atoms with Gasteiger partial charge in [0.2, 0.25) is 0 Å². The van der Waals surface area contributed by atoms with E-state index in [2.05, 4.69) is 5.32 Å². The van der Waals surface area contributed by atoms with Crippen LogP contribution < -0.4 is 5.32 Å². The van der Waals surface area contributed by atoms with Crippen LogP contribution in [0.25, 0.3) is 0 Å². The molecule has 0 saturated heterocycles. The molecule has 4 nitrogen and oxygen atoms in total. The minimum atomic E-state index is -0.887. The van der Waals surface area contributed by atoms with E-state index >= 15 is 0 Å². The van der Waals surface area contributed by atoms with Gasteiger partial charge in [0.15, 0.2) is 0 Å². The van der Waals surface area contributed by atoms with Gasteiger partial charge >= 0.3 is 0 Å². The van der Waals surface area contributed by atoms with Crippen LogP contribution in [0, 0.1) is 6.92 Å². The average molecular weight is 255 g/mol. The van der Waals surface area contributed by atoms with E-state index in [9.17, 15) is 14.1 Å². The average Bonchev–Trinajstić information content (AvgIpc) is 2.31. The molecule has 1 atom stereocenters. The minimum absolute atomic E-state index is 0.0373. The number of aromatic hydroxyl groups is 1. The molecule has 1 amide bonds. The number of carbonyl (C=O) groups is 1. The van der Waals surface area contributed by atoms with Gasteiger partial charge in [0, 0.05) is 28.9 Å². The fourth-order valence-electron chi connectivity index (χ4n) is 1.35. The summed E-state index contributed by atoms with van der Waals surface area (Å²) in [4.78, 5) is 11.7. The van der Waals surface area contributed by atoms with Crippen LogP contribution in [0.4, 0.5) is 0 Å². The van der Waals surface area contributed by atoms with Crippen molar-refractivity contribution in [3.63, 3.8) is 0 Å². The molecule has 0 heterocycles. The van der Waals surface area contributed by atoms with E-state index < -0.39 is 10.8 Å². The lowest BCUT2D eigenvalue weighted by Gasteiger charge is -2.07. The summed E-state index contributed by atoms with van der Waals surface area (Å²) in [5.74, 6) is 0.657. The van der Waals surface area contributed by atoms with Gasteiger partial charge in [-0.2, -0.15) is 0 Å². The number of aryl methyl sites for hydroxylation is 1. The van der Waals surface area contributed by atoms with Crippen molar-refractivity contribution < 1.29 is 14.1 Å². The number of carbonyl (C=O) groups excluding carboxylic acids is 1. The molecule has 1 aromatic carbocycles. The van der Waals surface area contributed by atoms with Gasteiger partial charge in [-0.15, -0.1) is 0 Å². The molecule has 0 aliphatic heterocycles. The highest BCUT2D eigenvalue weighted by Crippen LogP contribution is 2.17. The van der Waals surface area contributed by atoms with Crippen LogP contribution in [0.1, 0.15) is 22.8 Å². The summed E-state index contributed by atoms with van der Waals surface area (Å²) in [6, 6.07) is 4.86. The molecular formula is C12H17NO3S. The van der Waals surface area contributed by atoms with Crippen LogP contribution in [0.15, 0.2) is 18.2 Å². The molecule has 94 valence electrons. The van der Waals surface area contributed by atoms with Gasteiger partial charge in [-0.25, -0.2) is 0 Å². The van der Waals surface area contributed by atoms with Gasteiger partial charge < -0.3 is 10.4 Å². The normalized spacial score (nSPS) is 12.1. The summed E-state index contributed by atoms with van der Waals surface area (Å²) in [5.41, 5.74) is 1.16. The minimum Gasteiger partial charge on any atom is -0.507 e. The number of phenolic OH excluding ortho intramolecular Hbond substituents is 1. The summed E-state index contributed by atoms with van der Waals surface area (Å²) in [7, 11) is -0.887. The fraction of sp³-hybridized carbons (Fsp3) is 0.417. The zero-order chi connectivity index (χ0) is 12.8. The number of hydrogen-bond acceptors (Lipinski definition) is 3. The van der Waals surface area contributed by atoms with E-state index in [1.807, 2.05) is 13.8 Å². The van der Waals surface area contributed by atoms with Gasteiger partial charge in [-0.1, -0.05) is 18.6 Å². The van der Waals surface area contributed by atoms with E-state index in [-0.39, 0.29) is 17.2 Å². The molecule has 0 saturated carbocycles. The largest absolute Gasteiger partial charge is 0.507 e. The maximum atomic E-state index is 11.7. The van der Waals surface area contributed by atoms with Gasteiger partial charge in [0.05, 0.1) is 5.56 Å². The first-order valence-electron chi connectivity index (χ1n) is 5.47. The maximum Gasteiger partial charge on any atom is 0.255 e. The van der Waals surface area contributed by atoms with E-state index in [0.29, 0.717) is 18.1 Å². The van der Waals surface area contributed by atoms with Crippen LogP contribution in [0.2, 0.25) is 0 Å². The first-order chi connectivity index (χ1) is 8.04. The van der Waals surface area contributed by atoms with Gasteiger partial charge in [-0.3, -0.25) is 9.00 Å². The Morgan fingerprint density at radius 1 is 1.47 bits per heavy atom. The van der Waals surface area contributed by atoms with Crippen LogP contribution in [-0.4, -0.2) is 33.3 Å². The number of nitrogens with one attached hydrogen (secondary N) is 1. The van der Waals surface area contributed by atoms with E-state index in [1.54, 1.807) is 12.1 Å². The van der Waals surface area contributed by atoms with Crippen molar-refractivity contribution in [2.75, 3.05) is 18.1 Å². The van der Waals surface area contributed by atoms with E-state index in [1.165, 1.54) is 6.07 Å². The number of hydrogen-bond donors (Lipinski definition) is 2. The lowest BCUT2D eigenvalue weighted by Crippen LogP contribution is -2.28. The summed E-state index contributed by atoms with van der Waals surface area (Å²) < 4.78 is 11.2. The molecule has 5 heteroatoms. The van der Waals surface area contributed by atoms with Crippen LogP contribution >= 0.6 is 0 Å². The smallest absolute Gasteiger partial charge is 0.255 e. The summed E-state index contributed by atoms with van der Waals surface area (Å²) in [6.07, 6.45) is 0. The number of rotatable bonds is 5. The molecule has 0 bridgehead atoms. The predicted octanol–water partition coefficient (Wildman–Crippen LogP) is 1.20.